The van der Waals surface area contributed by atoms with Gasteiger partial charge in [-0.3, -0.25) is 34.1 Å². The Hall–Kier alpha value is -6.87. The van der Waals surface area contributed by atoms with E-state index in [1.54, 1.807) is 12.3 Å². The van der Waals surface area contributed by atoms with Crippen LogP contribution in [-0.2, 0) is 52.8 Å². The Bertz CT molecular complexity index is 2360. The first-order valence-corrected chi connectivity index (χ1v) is 25.9. The standard InChI is InChI=1S/C53H73N7O13S/c1-9-24-70-45-30-43(60(67)68)38(29-44(45)69-8)32-73-53(66)72-26-23-55-46(61)31-59(51(64)48(35(6)11-3)58-49(62)40-19-15-16-22-54-40)42(34(4)5)20-21-47-57-41(33-74-47)50(63)56-39(28-37-17-13-12-14-18-37)27-36(7)52(65)71-25-10-2/h9-10,12-14,17-18,29-30,33-36,39-40,42,48,54H,1-2,11,15-16,19-28,31-32H2,3-8H3,(H,55,61)(H,56,63)(H,58,62)/t35-,36-,39+,40-,42+,48-/m0/s1. The van der Waals surface area contributed by atoms with Crippen LogP contribution in [0.4, 0.5) is 10.5 Å². The molecular formula is C53H73N7O13S. The van der Waals surface area contributed by atoms with Gasteiger partial charge >= 0.3 is 12.1 Å². The van der Waals surface area contributed by atoms with Crippen molar-refractivity contribution in [3.8, 4) is 11.5 Å². The number of nitro benzene ring substituents is 1. The van der Waals surface area contributed by atoms with Crippen molar-refractivity contribution < 1.29 is 57.4 Å². The van der Waals surface area contributed by atoms with Gasteiger partial charge in [0.1, 0.15) is 38.2 Å². The number of benzene rings is 2. The molecule has 4 amide bonds. The number of piperidine rings is 1. The second kappa shape index (κ2) is 31.0. The van der Waals surface area contributed by atoms with E-state index >= 15 is 0 Å². The lowest BCUT2D eigenvalue weighted by Gasteiger charge is -2.38. The molecule has 0 unspecified atom stereocenters. The van der Waals surface area contributed by atoms with Crippen LogP contribution in [-0.4, -0.2) is 121 Å². The summed E-state index contributed by atoms with van der Waals surface area (Å²) in [5, 5.41) is 26.1. The number of methoxy groups -OCH3 is 1. The topological polar surface area (TPSA) is 256 Å². The van der Waals surface area contributed by atoms with Crippen molar-refractivity contribution in [2.75, 3.05) is 46.6 Å². The number of amides is 4. The number of aryl methyl sites for hydroxylation is 1. The second-order valence-corrected chi connectivity index (χ2v) is 19.4. The maximum absolute atomic E-state index is 14.9. The SMILES string of the molecule is C=CCOC(=O)[C@@H](C)C[C@H](Cc1ccccc1)NC(=O)c1csc(CC[C@H](C(C)C)N(CC(=O)NCCOC(=O)OCc2cc(OC)c(OCC=C)cc2[N+](=O)[O-])C(=O)[C@@H](NC(=O)[C@@H]2CCCCN2)[C@@H](C)CC)n1. The van der Waals surface area contributed by atoms with E-state index in [4.69, 9.17) is 23.7 Å². The van der Waals surface area contributed by atoms with E-state index in [1.807, 2.05) is 58.0 Å². The number of hydrogen-bond donors (Lipinski definition) is 4. The fraction of sp³-hybridized carbons (Fsp3) is 0.528. The number of aromatic nitrogens is 1. The molecule has 21 heteroatoms. The molecule has 4 rings (SSSR count). The zero-order chi connectivity index (χ0) is 54.2. The minimum Gasteiger partial charge on any atom is -0.493 e. The highest BCUT2D eigenvalue weighted by molar-refractivity contribution is 7.09. The van der Waals surface area contributed by atoms with Gasteiger partial charge in [-0.15, -0.1) is 11.3 Å². The molecule has 1 aromatic heterocycles. The van der Waals surface area contributed by atoms with Gasteiger partial charge in [0.05, 0.1) is 53.7 Å². The van der Waals surface area contributed by atoms with Crippen molar-refractivity contribution in [1.82, 2.24) is 31.2 Å². The van der Waals surface area contributed by atoms with Gasteiger partial charge in [-0.25, -0.2) is 9.78 Å². The Morgan fingerprint density at radius 3 is 2.38 bits per heavy atom. The van der Waals surface area contributed by atoms with Crippen LogP contribution < -0.4 is 30.7 Å². The van der Waals surface area contributed by atoms with E-state index in [0.29, 0.717) is 50.1 Å². The van der Waals surface area contributed by atoms with Gasteiger partial charge in [0.25, 0.3) is 11.6 Å². The highest BCUT2D eigenvalue weighted by Crippen LogP contribution is 2.35. The fourth-order valence-electron chi connectivity index (χ4n) is 8.37. The average molecular weight is 1050 g/mol. The number of carbonyl (C=O) groups is 6. The van der Waals surface area contributed by atoms with Crippen LogP contribution in [0.5, 0.6) is 11.5 Å². The zero-order valence-corrected chi connectivity index (χ0v) is 44.2. The summed E-state index contributed by atoms with van der Waals surface area (Å²) >= 11 is 1.29. The predicted molar refractivity (Wildman–Crippen MR) is 279 cm³/mol. The van der Waals surface area contributed by atoms with Crippen LogP contribution in [0.1, 0.15) is 99.8 Å². The number of rotatable bonds is 31. The molecule has 0 bridgehead atoms. The first kappa shape index (κ1) is 59.7. The molecule has 0 aliphatic carbocycles. The van der Waals surface area contributed by atoms with Crippen LogP contribution in [0, 0.1) is 27.9 Å². The third kappa shape index (κ3) is 18.9. The van der Waals surface area contributed by atoms with Gasteiger partial charge in [-0.05, 0) is 62.1 Å². The van der Waals surface area contributed by atoms with Crippen molar-refractivity contribution in [2.24, 2.45) is 17.8 Å². The number of thiazole rings is 1. The molecule has 3 aromatic rings. The second-order valence-electron chi connectivity index (χ2n) is 18.5. The highest BCUT2D eigenvalue weighted by Gasteiger charge is 2.37. The molecule has 404 valence electrons. The van der Waals surface area contributed by atoms with Gasteiger partial charge < -0.3 is 49.9 Å². The molecule has 6 atom stereocenters. The van der Waals surface area contributed by atoms with Crippen LogP contribution in [0.25, 0.3) is 0 Å². The van der Waals surface area contributed by atoms with Crippen LogP contribution in [0.2, 0.25) is 0 Å². The van der Waals surface area contributed by atoms with E-state index in [-0.39, 0.29) is 72.6 Å². The van der Waals surface area contributed by atoms with E-state index in [9.17, 15) is 38.9 Å². The zero-order valence-electron chi connectivity index (χ0n) is 43.4. The molecule has 1 aliphatic heterocycles. The molecule has 2 aromatic carbocycles. The molecule has 4 N–H and O–H groups in total. The minimum atomic E-state index is -1.15. The molecule has 1 saturated heterocycles. The Kier molecular flexibility index (Phi) is 25.0. The molecule has 0 radical (unpaired) electrons. The number of nitrogens with zero attached hydrogens (tertiary/aromatic N) is 3. The Morgan fingerprint density at radius 1 is 0.986 bits per heavy atom. The molecule has 0 saturated carbocycles. The summed E-state index contributed by atoms with van der Waals surface area (Å²) in [4.78, 5) is 98.7. The number of carbonyl (C=O) groups excluding carboxylic acids is 6. The molecule has 20 nitrogen and oxygen atoms in total. The molecule has 74 heavy (non-hydrogen) atoms. The van der Waals surface area contributed by atoms with Gasteiger partial charge in [-0.2, -0.15) is 0 Å². The number of esters is 1. The lowest BCUT2D eigenvalue weighted by molar-refractivity contribution is -0.385. The number of ether oxygens (including phenoxy) is 5. The van der Waals surface area contributed by atoms with Crippen molar-refractivity contribution in [2.45, 2.75) is 117 Å². The molecule has 0 spiro atoms. The monoisotopic (exact) mass is 1050 g/mol. The first-order valence-electron chi connectivity index (χ1n) is 25.1. The van der Waals surface area contributed by atoms with Gasteiger partial charge in [0.15, 0.2) is 11.5 Å². The normalized spacial score (nSPS) is 15.2. The maximum Gasteiger partial charge on any atom is 0.508 e. The predicted octanol–water partition coefficient (Wildman–Crippen LogP) is 6.65. The summed E-state index contributed by atoms with van der Waals surface area (Å²) < 4.78 is 26.3. The molecule has 1 fully saturated rings. The molecule has 1 aliphatic rings. The van der Waals surface area contributed by atoms with Crippen molar-refractivity contribution in [3.05, 3.63) is 105 Å². The lowest BCUT2D eigenvalue weighted by Crippen LogP contribution is -2.59. The smallest absolute Gasteiger partial charge is 0.493 e. The third-order valence-electron chi connectivity index (χ3n) is 12.6. The third-order valence-corrected chi connectivity index (χ3v) is 13.5. The van der Waals surface area contributed by atoms with Crippen molar-refractivity contribution in [1.29, 1.82) is 0 Å². The van der Waals surface area contributed by atoms with Crippen LogP contribution >= 0.6 is 11.3 Å². The van der Waals surface area contributed by atoms with E-state index < -0.39 is 78.0 Å². The molecular weight excluding hydrogens is 975 g/mol. The minimum absolute atomic E-state index is 0.0185. The van der Waals surface area contributed by atoms with E-state index in [0.717, 1.165) is 24.5 Å². The summed E-state index contributed by atoms with van der Waals surface area (Å²) in [7, 11) is 1.36. The Labute approximate surface area is 437 Å². The van der Waals surface area contributed by atoms with Crippen molar-refractivity contribution >= 4 is 52.8 Å². The van der Waals surface area contributed by atoms with Gasteiger partial charge in [0.2, 0.25) is 17.7 Å². The summed E-state index contributed by atoms with van der Waals surface area (Å²) in [5.74, 6) is -2.81. The molecule has 2 heterocycles. The van der Waals surface area contributed by atoms with E-state index in [2.05, 4.69) is 39.4 Å². The number of nitro groups is 1. The van der Waals surface area contributed by atoms with Gasteiger partial charge in [-0.1, -0.05) is 103 Å². The summed E-state index contributed by atoms with van der Waals surface area (Å²) in [5.41, 5.74) is 0.823. The Balaban J connectivity index is 1.47. The number of hydrogen-bond acceptors (Lipinski definition) is 16. The average Bonchev–Trinajstić information content (AvgIpc) is 3.88. The summed E-state index contributed by atoms with van der Waals surface area (Å²) in [6.45, 7) is 16.0. The fourth-order valence-corrected chi connectivity index (χ4v) is 9.16. The van der Waals surface area contributed by atoms with E-state index in [1.165, 1.54) is 41.6 Å². The lowest BCUT2D eigenvalue weighted by atomic mass is 9.92. The number of nitrogens with one attached hydrogen (secondary N) is 4. The van der Waals surface area contributed by atoms with Crippen LogP contribution in [0.15, 0.2) is 73.2 Å². The van der Waals surface area contributed by atoms with Crippen molar-refractivity contribution in [3.63, 3.8) is 0 Å². The first-order chi connectivity index (χ1) is 35.5. The summed E-state index contributed by atoms with van der Waals surface area (Å²) in [6, 6.07) is 9.72. The quantitative estimate of drug-likeness (QED) is 0.0173. The largest absolute Gasteiger partial charge is 0.508 e. The summed E-state index contributed by atoms with van der Waals surface area (Å²) in [6.07, 6.45) is 6.30. The van der Waals surface area contributed by atoms with Gasteiger partial charge in [0, 0.05) is 23.9 Å². The highest BCUT2D eigenvalue weighted by atomic mass is 32.1. The Morgan fingerprint density at radius 2 is 1.73 bits per heavy atom. The maximum atomic E-state index is 14.9. The van der Waals surface area contributed by atoms with Crippen LogP contribution in [0.3, 0.4) is 0 Å².